The van der Waals surface area contributed by atoms with Crippen molar-refractivity contribution in [2.75, 3.05) is 36.4 Å². The number of halogens is 3. The molecular weight excluding hydrogens is 649 g/mol. The molecule has 3 aromatic rings. The molecule has 2 N–H and O–H groups in total. The third kappa shape index (κ3) is 6.83. The van der Waals surface area contributed by atoms with E-state index in [1.807, 2.05) is 6.07 Å². The van der Waals surface area contributed by atoms with Crippen LogP contribution in [0.25, 0.3) is 11.1 Å². The standard InChI is InChI=1S/C33H37F3N6O5S/c1-31(2,3)47-30(44)37-14-17-42-28-26(32(12-13-32)29(42)43)18-22(19-39-28)21-4-7-25(8-5-21)48(45,46)41-15-10-24(11-16-41)40-27-9-6-23(20-38-27)33(34,35)36/h4-9,18-20,24H,10-17H2,1-3H3,(H,37,44)(H,38,40). The van der Waals surface area contributed by atoms with Crippen LogP contribution in [0, 0.1) is 0 Å². The van der Waals surface area contributed by atoms with Crippen molar-refractivity contribution in [1.82, 2.24) is 19.6 Å². The van der Waals surface area contributed by atoms with Gasteiger partial charge in [-0.1, -0.05) is 12.1 Å². The number of carbonyl (C=O) groups is 2. The minimum Gasteiger partial charge on any atom is -0.444 e. The highest BCUT2D eigenvalue weighted by Crippen LogP contribution is 2.57. The highest BCUT2D eigenvalue weighted by Gasteiger charge is 2.59. The maximum absolute atomic E-state index is 13.4. The van der Waals surface area contributed by atoms with Crippen molar-refractivity contribution < 1.29 is 35.9 Å². The van der Waals surface area contributed by atoms with Gasteiger partial charge < -0.3 is 15.4 Å². The predicted octanol–water partition coefficient (Wildman–Crippen LogP) is 5.33. The van der Waals surface area contributed by atoms with Gasteiger partial charge in [0, 0.05) is 55.7 Å². The molecule has 1 spiro atoms. The van der Waals surface area contributed by atoms with Gasteiger partial charge in [-0.15, -0.1) is 0 Å². The van der Waals surface area contributed by atoms with Gasteiger partial charge in [-0.25, -0.2) is 23.2 Å². The lowest BCUT2D eigenvalue weighted by molar-refractivity contribution is -0.137. The third-order valence-electron chi connectivity index (χ3n) is 8.77. The molecule has 0 bridgehead atoms. The third-order valence-corrected chi connectivity index (χ3v) is 10.7. The van der Waals surface area contributed by atoms with Crippen molar-refractivity contribution in [2.24, 2.45) is 0 Å². The number of rotatable bonds is 8. The fourth-order valence-electron chi connectivity index (χ4n) is 6.12. The van der Waals surface area contributed by atoms with Crippen LogP contribution in [-0.4, -0.2) is 72.5 Å². The molecule has 2 aromatic heterocycles. The average Bonchev–Trinajstić information content (AvgIpc) is 3.80. The van der Waals surface area contributed by atoms with Crippen LogP contribution in [0.5, 0.6) is 0 Å². The Morgan fingerprint density at radius 3 is 2.27 bits per heavy atom. The zero-order chi connectivity index (χ0) is 34.5. The Labute approximate surface area is 276 Å². The predicted molar refractivity (Wildman–Crippen MR) is 172 cm³/mol. The van der Waals surface area contributed by atoms with E-state index in [2.05, 4.69) is 20.6 Å². The lowest BCUT2D eigenvalue weighted by Crippen LogP contribution is -2.42. The number of fused-ring (bicyclic) bond motifs is 2. The molecule has 1 saturated heterocycles. The Kier molecular flexibility index (Phi) is 8.65. The summed E-state index contributed by atoms with van der Waals surface area (Å²) in [5, 5.41) is 5.79. The molecule has 15 heteroatoms. The molecule has 2 aliphatic heterocycles. The highest BCUT2D eigenvalue weighted by atomic mass is 32.2. The molecule has 256 valence electrons. The number of anilines is 2. The number of aromatic nitrogens is 2. The van der Waals surface area contributed by atoms with Gasteiger partial charge in [0.25, 0.3) is 0 Å². The largest absolute Gasteiger partial charge is 0.444 e. The van der Waals surface area contributed by atoms with Gasteiger partial charge in [-0.3, -0.25) is 9.69 Å². The van der Waals surface area contributed by atoms with Crippen molar-refractivity contribution in [3.63, 3.8) is 0 Å². The summed E-state index contributed by atoms with van der Waals surface area (Å²) in [7, 11) is -3.78. The summed E-state index contributed by atoms with van der Waals surface area (Å²) >= 11 is 0. The normalized spacial score (nSPS) is 18.1. The second-order valence-electron chi connectivity index (χ2n) is 13.3. The minimum absolute atomic E-state index is 0.0378. The topological polar surface area (TPSA) is 134 Å². The monoisotopic (exact) mass is 686 g/mol. The molecule has 48 heavy (non-hydrogen) atoms. The number of hydrogen-bond acceptors (Lipinski definition) is 8. The van der Waals surface area contributed by atoms with E-state index < -0.39 is 38.9 Å². The van der Waals surface area contributed by atoms with Crippen LogP contribution in [0.1, 0.15) is 57.6 Å². The molecule has 1 saturated carbocycles. The summed E-state index contributed by atoms with van der Waals surface area (Å²) in [6, 6.07) is 10.6. The Balaban J connectivity index is 1.08. The smallest absolute Gasteiger partial charge is 0.417 e. The second-order valence-corrected chi connectivity index (χ2v) is 15.3. The molecule has 6 rings (SSSR count). The fraction of sp³-hybridized carbons (Fsp3) is 0.455. The molecule has 1 aliphatic carbocycles. The Bertz CT molecular complexity index is 1800. The molecule has 0 unspecified atom stereocenters. The molecule has 1 aromatic carbocycles. The van der Waals surface area contributed by atoms with E-state index in [1.54, 1.807) is 56.1 Å². The van der Waals surface area contributed by atoms with Crippen molar-refractivity contribution >= 4 is 33.7 Å². The summed E-state index contributed by atoms with van der Waals surface area (Å²) in [5.74, 6) is 0.837. The number of benzene rings is 1. The number of nitrogens with one attached hydrogen (secondary N) is 2. The number of amides is 2. The number of pyridine rings is 2. The van der Waals surface area contributed by atoms with Gasteiger partial charge >= 0.3 is 12.3 Å². The van der Waals surface area contributed by atoms with Gasteiger partial charge in [0.15, 0.2) is 0 Å². The summed E-state index contributed by atoms with van der Waals surface area (Å²) in [5.41, 5.74) is 0.273. The quantitative estimate of drug-likeness (QED) is 0.325. The Morgan fingerprint density at radius 2 is 1.69 bits per heavy atom. The number of ether oxygens (including phenoxy) is 1. The first-order valence-corrected chi connectivity index (χ1v) is 17.2. The van der Waals surface area contributed by atoms with E-state index in [9.17, 15) is 31.2 Å². The summed E-state index contributed by atoms with van der Waals surface area (Å²) < 4.78 is 72.0. The van der Waals surface area contributed by atoms with Crippen LogP contribution in [0.2, 0.25) is 0 Å². The van der Waals surface area contributed by atoms with E-state index in [0.29, 0.717) is 37.3 Å². The van der Waals surface area contributed by atoms with Gasteiger partial charge in [0.05, 0.1) is 15.9 Å². The number of sulfonamides is 1. The first-order chi connectivity index (χ1) is 22.6. The SMILES string of the molecule is CC(C)(C)OC(=O)NCCN1C(=O)C2(CC2)c2cc(-c3ccc(S(=O)(=O)N4CCC(Nc5ccc(C(F)(F)F)cn5)CC4)cc3)cnc21. The van der Waals surface area contributed by atoms with Crippen LogP contribution in [-0.2, 0) is 31.1 Å². The first kappa shape index (κ1) is 33.7. The van der Waals surface area contributed by atoms with Crippen LogP contribution in [0.3, 0.4) is 0 Å². The maximum Gasteiger partial charge on any atom is 0.417 e. The Morgan fingerprint density at radius 1 is 1.00 bits per heavy atom. The van der Waals surface area contributed by atoms with E-state index >= 15 is 0 Å². The molecule has 0 radical (unpaired) electrons. The van der Waals surface area contributed by atoms with E-state index in [1.165, 1.54) is 10.4 Å². The highest BCUT2D eigenvalue weighted by molar-refractivity contribution is 7.89. The molecule has 4 heterocycles. The van der Waals surface area contributed by atoms with Crippen LogP contribution < -0.4 is 15.5 Å². The number of carbonyl (C=O) groups excluding carboxylic acids is 2. The zero-order valence-corrected chi connectivity index (χ0v) is 27.6. The molecule has 0 atom stereocenters. The molecule has 11 nitrogen and oxygen atoms in total. The van der Waals surface area contributed by atoms with Gasteiger partial charge in [-0.05, 0) is 82.3 Å². The lowest BCUT2D eigenvalue weighted by atomic mass is 9.96. The number of alkyl carbamates (subject to hydrolysis) is 1. The first-order valence-electron chi connectivity index (χ1n) is 15.8. The molecular formula is C33H37F3N6O5S. The minimum atomic E-state index is -4.46. The fourth-order valence-corrected chi connectivity index (χ4v) is 7.59. The summed E-state index contributed by atoms with van der Waals surface area (Å²) in [6.07, 6.45) is -0.223. The number of hydrogen-bond donors (Lipinski definition) is 2. The van der Waals surface area contributed by atoms with E-state index in [4.69, 9.17) is 4.74 Å². The molecule has 3 aliphatic rings. The van der Waals surface area contributed by atoms with Crippen LogP contribution in [0.15, 0.2) is 59.8 Å². The van der Waals surface area contributed by atoms with E-state index in [0.717, 1.165) is 29.0 Å². The van der Waals surface area contributed by atoms with Gasteiger partial charge in [-0.2, -0.15) is 17.5 Å². The van der Waals surface area contributed by atoms with Crippen LogP contribution in [0.4, 0.5) is 29.6 Å². The van der Waals surface area contributed by atoms with Crippen molar-refractivity contribution in [1.29, 1.82) is 0 Å². The van der Waals surface area contributed by atoms with Crippen molar-refractivity contribution in [3.8, 4) is 11.1 Å². The zero-order valence-electron chi connectivity index (χ0n) is 26.8. The Hall–Kier alpha value is -4.24. The lowest BCUT2D eigenvalue weighted by Gasteiger charge is -2.32. The van der Waals surface area contributed by atoms with Gasteiger partial charge in [0.1, 0.15) is 17.2 Å². The number of alkyl halides is 3. The summed E-state index contributed by atoms with van der Waals surface area (Å²) in [4.78, 5) is 35.7. The second kappa shape index (κ2) is 12.3. The number of piperidine rings is 1. The number of nitrogens with zero attached hydrogens (tertiary/aromatic N) is 4. The van der Waals surface area contributed by atoms with Crippen molar-refractivity contribution in [2.45, 2.75) is 74.6 Å². The van der Waals surface area contributed by atoms with Crippen LogP contribution >= 0.6 is 0 Å². The maximum atomic E-state index is 13.4. The average molecular weight is 687 g/mol. The van der Waals surface area contributed by atoms with Gasteiger partial charge in [0.2, 0.25) is 15.9 Å². The molecule has 2 fully saturated rings. The van der Waals surface area contributed by atoms with Crippen molar-refractivity contribution in [3.05, 3.63) is 66.0 Å². The summed E-state index contributed by atoms with van der Waals surface area (Å²) in [6.45, 7) is 6.28. The molecule has 2 amide bonds. The van der Waals surface area contributed by atoms with E-state index in [-0.39, 0.29) is 43.0 Å².